The van der Waals surface area contributed by atoms with Crippen LogP contribution in [0.5, 0.6) is 0 Å². The second-order valence-electron chi connectivity index (χ2n) is 3.71. The van der Waals surface area contributed by atoms with Crippen LogP contribution in [0.4, 0.5) is 0 Å². The van der Waals surface area contributed by atoms with E-state index in [0.29, 0.717) is 6.42 Å². The first-order chi connectivity index (χ1) is 8.31. The van der Waals surface area contributed by atoms with E-state index in [9.17, 15) is 0 Å². The van der Waals surface area contributed by atoms with Gasteiger partial charge in [0.2, 0.25) is 0 Å². The van der Waals surface area contributed by atoms with Crippen molar-refractivity contribution in [1.82, 2.24) is 9.97 Å². The van der Waals surface area contributed by atoms with Crippen LogP contribution in [0.15, 0.2) is 29.3 Å². The summed E-state index contributed by atoms with van der Waals surface area (Å²) in [6.45, 7) is 1.98. The zero-order valence-electron chi connectivity index (χ0n) is 9.68. The molecule has 0 N–H and O–H groups in total. The fourth-order valence-electron chi connectivity index (χ4n) is 1.53. The van der Waals surface area contributed by atoms with Crippen molar-refractivity contribution in [2.24, 2.45) is 0 Å². The molecule has 2 rings (SSSR count). The molecule has 1 aromatic carbocycles. The van der Waals surface area contributed by atoms with Crippen LogP contribution in [0.1, 0.15) is 18.5 Å². The van der Waals surface area contributed by atoms with Crippen molar-refractivity contribution in [3.63, 3.8) is 0 Å². The quantitative estimate of drug-likeness (QED) is 0.610. The summed E-state index contributed by atoms with van der Waals surface area (Å²) in [7, 11) is 0. The Kier molecular flexibility index (Phi) is 3.94. The van der Waals surface area contributed by atoms with E-state index in [1.807, 2.05) is 31.2 Å². The number of hydrogen-bond donors (Lipinski definition) is 0. The largest absolute Gasteiger partial charge is 0.249 e. The SMILES string of the molecule is Cc1nc2ccccc2nc1SCCCC#N. The molecule has 17 heavy (non-hydrogen) atoms. The molecule has 3 nitrogen and oxygen atoms in total. The number of nitriles is 1. The highest BCUT2D eigenvalue weighted by Crippen LogP contribution is 2.22. The highest BCUT2D eigenvalue weighted by molar-refractivity contribution is 7.99. The minimum absolute atomic E-state index is 0.604. The van der Waals surface area contributed by atoms with E-state index in [1.165, 1.54) is 0 Å². The van der Waals surface area contributed by atoms with E-state index < -0.39 is 0 Å². The van der Waals surface area contributed by atoms with Crippen LogP contribution in [0, 0.1) is 18.3 Å². The van der Waals surface area contributed by atoms with Gasteiger partial charge in [-0.25, -0.2) is 9.97 Å². The average Bonchev–Trinajstić information content (AvgIpc) is 2.35. The molecule has 0 aliphatic carbocycles. The van der Waals surface area contributed by atoms with Gasteiger partial charge in [-0.1, -0.05) is 12.1 Å². The molecule has 86 valence electrons. The molecule has 0 spiro atoms. The van der Waals surface area contributed by atoms with Crippen molar-refractivity contribution in [1.29, 1.82) is 5.26 Å². The van der Waals surface area contributed by atoms with Crippen LogP contribution in [-0.4, -0.2) is 15.7 Å². The van der Waals surface area contributed by atoms with Gasteiger partial charge in [-0.2, -0.15) is 5.26 Å². The maximum atomic E-state index is 8.47. The molecule has 0 radical (unpaired) electrons. The van der Waals surface area contributed by atoms with Gasteiger partial charge < -0.3 is 0 Å². The van der Waals surface area contributed by atoms with Gasteiger partial charge >= 0.3 is 0 Å². The summed E-state index contributed by atoms with van der Waals surface area (Å²) in [4.78, 5) is 9.12. The summed E-state index contributed by atoms with van der Waals surface area (Å²) < 4.78 is 0. The summed E-state index contributed by atoms with van der Waals surface area (Å²) in [5.74, 6) is 0.918. The molecule has 0 unspecified atom stereocenters. The normalized spacial score (nSPS) is 10.4. The Labute approximate surface area is 105 Å². The Hall–Kier alpha value is -1.60. The Morgan fingerprint density at radius 3 is 2.65 bits per heavy atom. The predicted molar refractivity (Wildman–Crippen MR) is 69.8 cm³/mol. The van der Waals surface area contributed by atoms with Crippen molar-refractivity contribution < 1.29 is 0 Å². The standard InChI is InChI=1S/C13H13N3S/c1-10-13(17-9-5-4-8-14)16-12-7-3-2-6-11(12)15-10/h2-3,6-7H,4-5,9H2,1H3. The van der Waals surface area contributed by atoms with Crippen molar-refractivity contribution in [2.75, 3.05) is 5.75 Å². The second-order valence-corrected chi connectivity index (χ2v) is 4.80. The smallest absolute Gasteiger partial charge is 0.118 e. The van der Waals surface area contributed by atoms with Crippen molar-refractivity contribution >= 4 is 22.8 Å². The number of benzene rings is 1. The van der Waals surface area contributed by atoms with E-state index in [1.54, 1.807) is 11.8 Å². The number of thioether (sulfide) groups is 1. The summed E-state index contributed by atoms with van der Waals surface area (Å²) in [5, 5.41) is 9.45. The molecule has 0 fully saturated rings. The Morgan fingerprint density at radius 2 is 1.94 bits per heavy atom. The van der Waals surface area contributed by atoms with Gasteiger partial charge in [0.25, 0.3) is 0 Å². The highest BCUT2D eigenvalue weighted by Gasteiger charge is 2.04. The third-order valence-electron chi connectivity index (χ3n) is 2.37. The first-order valence-electron chi connectivity index (χ1n) is 5.54. The lowest BCUT2D eigenvalue weighted by Gasteiger charge is -2.05. The number of rotatable bonds is 4. The van der Waals surface area contributed by atoms with Gasteiger partial charge in [-0.15, -0.1) is 11.8 Å². The molecule has 0 saturated carbocycles. The highest BCUT2D eigenvalue weighted by atomic mass is 32.2. The third-order valence-corrected chi connectivity index (χ3v) is 3.53. The number of fused-ring (bicyclic) bond motifs is 1. The van der Waals surface area contributed by atoms with Gasteiger partial charge in [-0.3, -0.25) is 0 Å². The monoisotopic (exact) mass is 243 g/mol. The summed E-state index contributed by atoms with van der Waals surface area (Å²) in [6, 6.07) is 10.0. The maximum Gasteiger partial charge on any atom is 0.118 e. The van der Waals surface area contributed by atoms with Gasteiger partial charge in [0.05, 0.1) is 22.8 Å². The molecular weight excluding hydrogens is 230 g/mol. The molecule has 1 heterocycles. The first-order valence-corrected chi connectivity index (χ1v) is 6.53. The third kappa shape index (κ3) is 2.95. The lowest BCUT2D eigenvalue weighted by atomic mass is 10.3. The lowest BCUT2D eigenvalue weighted by Crippen LogP contribution is -1.93. The van der Waals surface area contributed by atoms with Crippen molar-refractivity contribution in [3.8, 4) is 6.07 Å². The zero-order valence-corrected chi connectivity index (χ0v) is 10.5. The number of aryl methyl sites for hydroxylation is 1. The van der Waals surface area contributed by atoms with Crippen molar-refractivity contribution in [3.05, 3.63) is 30.0 Å². The first kappa shape index (κ1) is 11.9. The van der Waals surface area contributed by atoms with Crippen LogP contribution in [0.25, 0.3) is 11.0 Å². The maximum absolute atomic E-state index is 8.47. The molecule has 0 atom stereocenters. The van der Waals surface area contributed by atoms with Gasteiger partial charge in [-0.05, 0) is 25.5 Å². The molecular formula is C13H13N3S. The van der Waals surface area contributed by atoms with Crippen LogP contribution in [0.3, 0.4) is 0 Å². The Morgan fingerprint density at radius 1 is 1.24 bits per heavy atom. The molecule has 4 heteroatoms. The van der Waals surface area contributed by atoms with Crippen LogP contribution in [0.2, 0.25) is 0 Å². The molecule has 0 aliphatic heterocycles. The van der Waals surface area contributed by atoms with E-state index in [0.717, 1.165) is 33.9 Å². The Balaban J connectivity index is 2.17. The fourth-order valence-corrected chi connectivity index (χ4v) is 2.43. The molecule has 0 bridgehead atoms. The van der Waals surface area contributed by atoms with E-state index in [2.05, 4.69) is 16.0 Å². The van der Waals surface area contributed by atoms with E-state index in [4.69, 9.17) is 5.26 Å². The molecule has 2 aromatic rings. The summed E-state index contributed by atoms with van der Waals surface area (Å²) in [6.07, 6.45) is 1.50. The number of nitrogens with zero attached hydrogens (tertiary/aromatic N) is 3. The molecule has 1 aromatic heterocycles. The minimum atomic E-state index is 0.604. The number of unbranched alkanes of at least 4 members (excludes halogenated alkanes) is 1. The minimum Gasteiger partial charge on any atom is -0.249 e. The number of hydrogen-bond acceptors (Lipinski definition) is 4. The fraction of sp³-hybridized carbons (Fsp3) is 0.308. The lowest BCUT2D eigenvalue weighted by molar-refractivity contribution is 0.971. The zero-order chi connectivity index (χ0) is 12.1. The summed E-state index contributed by atoms with van der Waals surface area (Å²) in [5.41, 5.74) is 2.83. The van der Waals surface area contributed by atoms with Crippen LogP contribution in [-0.2, 0) is 0 Å². The summed E-state index contributed by atoms with van der Waals surface area (Å²) >= 11 is 1.68. The van der Waals surface area contributed by atoms with E-state index >= 15 is 0 Å². The molecule has 0 amide bonds. The molecule has 0 aliphatic rings. The average molecular weight is 243 g/mol. The topological polar surface area (TPSA) is 49.6 Å². The van der Waals surface area contributed by atoms with E-state index in [-0.39, 0.29) is 0 Å². The number of aromatic nitrogens is 2. The second kappa shape index (κ2) is 5.65. The van der Waals surface area contributed by atoms with Crippen LogP contribution >= 0.6 is 11.8 Å². The Bertz CT molecular complexity index is 560. The predicted octanol–water partition coefficient (Wildman–Crippen LogP) is 3.33. The van der Waals surface area contributed by atoms with Gasteiger partial charge in [0, 0.05) is 12.2 Å². The van der Waals surface area contributed by atoms with Gasteiger partial charge in [0.1, 0.15) is 5.03 Å². The van der Waals surface area contributed by atoms with Gasteiger partial charge in [0.15, 0.2) is 0 Å². The molecule has 0 saturated heterocycles. The number of para-hydroxylation sites is 2. The van der Waals surface area contributed by atoms with Crippen LogP contribution < -0.4 is 0 Å². The van der Waals surface area contributed by atoms with Crippen molar-refractivity contribution in [2.45, 2.75) is 24.8 Å².